The monoisotopic (exact) mass is 381 g/mol. The van der Waals surface area contributed by atoms with Gasteiger partial charge in [-0.2, -0.15) is 0 Å². The van der Waals surface area contributed by atoms with Gasteiger partial charge in [0.05, 0.1) is 12.0 Å². The lowest BCUT2D eigenvalue weighted by atomic mass is 10.2. The molecule has 2 N–H and O–H groups in total. The molecule has 0 heterocycles. The fourth-order valence-electron chi connectivity index (χ4n) is 1.69. The fourth-order valence-corrected chi connectivity index (χ4v) is 3.49. The van der Waals surface area contributed by atoms with Gasteiger partial charge in [0.15, 0.2) is 0 Å². The molecule has 0 amide bonds. The lowest BCUT2D eigenvalue weighted by Crippen LogP contribution is -2.30. The van der Waals surface area contributed by atoms with Gasteiger partial charge in [-0.3, -0.25) is 10.1 Å². The number of methoxy groups -OCH3 is 1. The third-order valence-electron chi connectivity index (χ3n) is 2.75. The van der Waals surface area contributed by atoms with Gasteiger partial charge in [-0.15, -0.1) is 0 Å². The van der Waals surface area contributed by atoms with Crippen molar-refractivity contribution in [3.63, 3.8) is 0 Å². The average Bonchev–Trinajstić information content (AvgIpc) is 2.40. The summed E-state index contributed by atoms with van der Waals surface area (Å²) in [5.41, 5.74) is -0.0770. The van der Waals surface area contributed by atoms with Crippen LogP contribution in [-0.4, -0.2) is 40.6 Å². The predicted octanol–water partition coefficient (Wildman–Crippen LogP) is 1.17. The number of sulfonamides is 1. The van der Waals surface area contributed by atoms with Crippen molar-refractivity contribution >= 4 is 31.6 Å². The van der Waals surface area contributed by atoms with Crippen molar-refractivity contribution in [3.8, 4) is 5.75 Å². The highest BCUT2D eigenvalue weighted by Crippen LogP contribution is 2.40. The molecule has 0 aliphatic carbocycles. The van der Waals surface area contributed by atoms with Crippen LogP contribution >= 0.6 is 15.9 Å². The van der Waals surface area contributed by atoms with E-state index < -0.39 is 14.9 Å². The van der Waals surface area contributed by atoms with Crippen molar-refractivity contribution in [2.24, 2.45) is 0 Å². The zero-order valence-corrected chi connectivity index (χ0v) is 14.2. The normalized spacial score (nSPS) is 11.4. The molecule has 1 aromatic rings. The molecule has 1 rings (SSSR count). The van der Waals surface area contributed by atoms with Crippen molar-refractivity contribution < 1.29 is 18.1 Å². The molecule has 21 heavy (non-hydrogen) atoms. The number of ether oxygens (including phenoxy) is 1. The molecule has 0 radical (unpaired) electrons. The second-order valence-corrected chi connectivity index (χ2v) is 6.71. The smallest absolute Gasteiger partial charge is 0.316 e. The van der Waals surface area contributed by atoms with Crippen molar-refractivity contribution in [2.45, 2.75) is 11.8 Å². The van der Waals surface area contributed by atoms with Crippen LogP contribution in [0.5, 0.6) is 5.75 Å². The zero-order chi connectivity index (χ0) is 16.2. The van der Waals surface area contributed by atoms with Gasteiger partial charge in [0.1, 0.15) is 4.90 Å². The van der Waals surface area contributed by atoms with E-state index in [1.807, 2.05) is 0 Å². The van der Waals surface area contributed by atoms with Crippen LogP contribution in [0.2, 0.25) is 0 Å². The maximum atomic E-state index is 12.3. The number of nitro groups is 1. The summed E-state index contributed by atoms with van der Waals surface area (Å²) < 4.78 is 32.2. The summed E-state index contributed by atoms with van der Waals surface area (Å²) in [4.78, 5) is 10.2. The largest absolute Gasteiger partial charge is 0.489 e. The van der Waals surface area contributed by atoms with E-state index in [1.165, 1.54) is 20.1 Å². The molecule has 0 fully saturated rings. The zero-order valence-electron chi connectivity index (χ0n) is 11.8. The third kappa shape index (κ3) is 3.90. The van der Waals surface area contributed by atoms with Crippen LogP contribution in [0.25, 0.3) is 0 Å². The summed E-state index contributed by atoms with van der Waals surface area (Å²) in [5.74, 6) is -0.280. The molecule has 0 spiro atoms. The number of nitro benzene ring substituents is 1. The van der Waals surface area contributed by atoms with E-state index in [0.717, 1.165) is 0 Å². The maximum Gasteiger partial charge on any atom is 0.316 e. The molecule has 8 nitrogen and oxygen atoms in total. The molecule has 0 aromatic heterocycles. The van der Waals surface area contributed by atoms with Crippen LogP contribution in [-0.2, 0) is 10.0 Å². The Morgan fingerprint density at radius 2 is 2.05 bits per heavy atom. The minimum absolute atomic E-state index is 0.154. The molecule has 118 valence electrons. The highest BCUT2D eigenvalue weighted by molar-refractivity contribution is 9.10. The Bertz CT molecular complexity index is 648. The number of halogens is 1. The quantitative estimate of drug-likeness (QED) is 0.416. The topological polar surface area (TPSA) is 111 Å². The van der Waals surface area contributed by atoms with E-state index in [4.69, 9.17) is 4.74 Å². The molecule has 0 unspecified atom stereocenters. The molecular weight excluding hydrogens is 366 g/mol. The molecule has 10 heteroatoms. The van der Waals surface area contributed by atoms with E-state index >= 15 is 0 Å². The summed E-state index contributed by atoms with van der Waals surface area (Å²) in [5, 5.41) is 14.0. The highest BCUT2D eigenvalue weighted by Gasteiger charge is 2.30. The number of likely N-dealkylation sites (N-methyl/N-ethyl adjacent to an activating group) is 1. The number of rotatable bonds is 7. The molecule has 0 saturated carbocycles. The standard InChI is InChI=1S/C11H16BrN3O5S/c1-7-8(12)6-9(11(20-3)10(7)15(16)17)21(18,19)14-5-4-13-2/h6,13-14H,4-5H2,1-3H3. The van der Waals surface area contributed by atoms with Gasteiger partial charge < -0.3 is 10.1 Å². The van der Waals surface area contributed by atoms with Crippen LogP contribution in [0, 0.1) is 17.0 Å². The first-order valence-electron chi connectivity index (χ1n) is 5.92. The van der Waals surface area contributed by atoms with Crippen molar-refractivity contribution in [2.75, 3.05) is 27.2 Å². The van der Waals surface area contributed by atoms with E-state index in [2.05, 4.69) is 26.0 Å². The molecular formula is C11H16BrN3O5S. The maximum absolute atomic E-state index is 12.3. The summed E-state index contributed by atoms with van der Waals surface area (Å²) in [6.07, 6.45) is 0. The fraction of sp³-hybridized carbons (Fsp3) is 0.455. The third-order valence-corrected chi connectivity index (χ3v) is 5.04. The summed E-state index contributed by atoms with van der Waals surface area (Å²) in [6, 6.07) is 1.29. The van der Waals surface area contributed by atoms with Gasteiger partial charge in [-0.05, 0) is 20.0 Å². The van der Waals surface area contributed by atoms with Crippen molar-refractivity contribution in [1.82, 2.24) is 10.0 Å². The number of nitrogens with one attached hydrogen (secondary N) is 2. The lowest BCUT2D eigenvalue weighted by molar-refractivity contribution is -0.386. The number of hydrogen-bond donors (Lipinski definition) is 2. The summed E-state index contributed by atoms with van der Waals surface area (Å²) >= 11 is 3.14. The predicted molar refractivity (Wildman–Crippen MR) is 81.2 cm³/mol. The van der Waals surface area contributed by atoms with Crippen LogP contribution in [0.1, 0.15) is 5.56 Å². The molecule has 0 atom stereocenters. The van der Waals surface area contributed by atoms with Crippen molar-refractivity contribution in [3.05, 3.63) is 26.2 Å². The van der Waals surface area contributed by atoms with Crippen LogP contribution in [0.15, 0.2) is 15.4 Å². The van der Waals surface area contributed by atoms with Gasteiger partial charge in [-0.25, -0.2) is 13.1 Å². The summed E-state index contributed by atoms with van der Waals surface area (Å²) in [7, 11) is -1.04. The van der Waals surface area contributed by atoms with Gasteiger partial charge in [0, 0.05) is 23.1 Å². The Balaban J connectivity index is 3.46. The van der Waals surface area contributed by atoms with Gasteiger partial charge in [0.25, 0.3) is 0 Å². The highest BCUT2D eigenvalue weighted by atomic mass is 79.9. The Morgan fingerprint density at radius 3 is 2.52 bits per heavy atom. The number of nitrogens with zero attached hydrogens (tertiary/aromatic N) is 1. The van der Waals surface area contributed by atoms with Gasteiger partial charge >= 0.3 is 5.69 Å². The Hall–Kier alpha value is -1.23. The lowest BCUT2D eigenvalue weighted by Gasteiger charge is -2.13. The first-order chi connectivity index (χ1) is 9.76. The second-order valence-electron chi connectivity index (χ2n) is 4.12. The molecule has 0 aliphatic rings. The minimum Gasteiger partial charge on any atom is -0.489 e. The summed E-state index contributed by atoms with van der Waals surface area (Å²) in [6.45, 7) is 2.09. The minimum atomic E-state index is -3.92. The first-order valence-corrected chi connectivity index (χ1v) is 8.19. The van der Waals surface area contributed by atoms with E-state index in [-0.39, 0.29) is 22.9 Å². The molecule has 0 aliphatic heterocycles. The van der Waals surface area contributed by atoms with E-state index in [1.54, 1.807) is 7.05 Å². The van der Waals surface area contributed by atoms with E-state index in [0.29, 0.717) is 16.6 Å². The molecule has 0 bridgehead atoms. The average molecular weight is 382 g/mol. The SMILES string of the molecule is CNCCNS(=O)(=O)c1cc(Br)c(C)c([N+](=O)[O-])c1OC. The Labute approximate surface area is 131 Å². The first kappa shape index (κ1) is 17.8. The van der Waals surface area contributed by atoms with Crippen LogP contribution in [0.3, 0.4) is 0 Å². The number of benzene rings is 1. The number of hydrogen-bond acceptors (Lipinski definition) is 6. The van der Waals surface area contributed by atoms with Gasteiger partial charge in [-0.1, -0.05) is 15.9 Å². The van der Waals surface area contributed by atoms with Crippen LogP contribution < -0.4 is 14.8 Å². The Kier molecular flexibility index (Phi) is 6.08. The molecule has 1 aromatic carbocycles. The van der Waals surface area contributed by atoms with Gasteiger partial charge in [0.2, 0.25) is 15.8 Å². The Morgan fingerprint density at radius 1 is 1.43 bits per heavy atom. The van der Waals surface area contributed by atoms with Crippen LogP contribution in [0.4, 0.5) is 5.69 Å². The molecule has 0 saturated heterocycles. The van der Waals surface area contributed by atoms with Crippen molar-refractivity contribution in [1.29, 1.82) is 0 Å². The van der Waals surface area contributed by atoms with E-state index in [9.17, 15) is 18.5 Å². The second kappa shape index (κ2) is 7.16.